The first-order valence-corrected chi connectivity index (χ1v) is 7.80. The van der Waals surface area contributed by atoms with Gasteiger partial charge >= 0.3 is 5.97 Å². The van der Waals surface area contributed by atoms with Crippen LogP contribution in [0, 0.1) is 5.92 Å². The van der Waals surface area contributed by atoms with E-state index in [1.165, 1.54) is 19.2 Å². The highest BCUT2D eigenvalue weighted by Gasteiger charge is 2.20. The number of carbonyl (C=O) groups excluding carboxylic acids is 2. The molecule has 0 aromatic heterocycles. The highest BCUT2D eigenvalue weighted by molar-refractivity contribution is 6.12. The predicted octanol–water partition coefficient (Wildman–Crippen LogP) is 2.91. The Morgan fingerprint density at radius 2 is 1.68 bits per heavy atom. The van der Waals surface area contributed by atoms with Gasteiger partial charge in [0.1, 0.15) is 22.8 Å². The zero-order valence-electron chi connectivity index (χ0n) is 14.1. The Balaban J connectivity index is 2.10. The standard InChI is InChI=1S/C19H20O6/c1-12(19(23)24-2)8-9-25-14-10-15(20)17(16(21)11-14)18(22)13-6-4-3-5-7-13/h3-7,10-12,20-21H,8-9H2,1-2H3. The number of carbonyl (C=O) groups is 2. The Kier molecular flexibility index (Phi) is 6.00. The van der Waals surface area contributed by atoms with E-state index in [1.807, 2.05) is 0 Å². The number of benzene rings is 2. The van der Waals surface area contributed by atoms with Gasteiger partial charge in [-0.3, -0.25) is 9.59 Å². The van der Waals surface area contributed by atoms with Crippen LogP contribution in [-0.2, 0) is 9.53 Å². The topological polar surface area (TPSA) is 93.1 Å². The van der Waals surface area contributed by atoms with Crippen molar-refractivity contribution in [3.05, 3.63) is 53.6 Å². The van der Waals surface area contributed by atoms with Crippen molar-refractivity contribution in [2.24, 2.45) is 5.92 Å². The fourth-order valence-corrected chi connectivity index (χ4v) is 2.31. The van der Waals surface area contributed by atoms with Crippen molar-refractivity contribution in [3.8, 4) is 17.2 Å². The normalized spacial score (nSPS) is 11.6. The summed E-state index contributed by atoms with van der Waals surface area (Å²) in [5.41, 5.74) is 0.176. The molecule has 25 heavy (non-hydrogen) atoms. The van der Waals surface area contributed by atoms with Crippen molar-refractivity contribution in [1.82, 2.24) is 0 Å². The van der Waals surface area contributed by atoms with Crippen molar-refractivity contribution >= 4 is 11.8 Å². The van der Waals surface area contributed by atoms with Crippen molar-refractivity contribution in [3.63, 3.8) is 0 Å². The molecule has 2 rings (SSSR count). The fraction of sp³-hybridized carbons (Fsp3) is 0.263. The molecule has 6 nitrogen and oxygen atoms in total. The average Bonchev–Trinajstić information content (AvgIpc) is 2.61. The number of ketones is 1. The van der Waals surface area contributed by atoms with Crippen molar-refractivity contribution in [2.45, 2.75) is 13.3 Å². The number of phenolic OH excluding ortho intramolecular Hbond substituents is 2. The van der Waals surface area contributed by atoms with Gasteiger partial charge in [-0.15, -0.1) is 0 Å². The van der Waals surface area contributed by atoms with E-state index in [-0.39, 0.29) is 41.3 Å². The molecule has 1 unspecified atom stereocenters. The van der Waals surface area contributed by atoms with Crippen LogP contribution in [0.3, 0.4) is 0 Å². The number of esters is 1. The Morgan fingerprint density at radius 1 is 1.08 bits per heavy atom. The van der Waals surface area contributed by atoms with Gasteiger partial charge in [-0.1, -0.05) is 37.3 Å². The third kappa shape index (κ3) is 4.50. The van der Waals surface area contributed by atoms with Gasteiger partial charge < -0.3 is 19.7 Å². The lowest BCUT2D eigenvalue weighted by Crippen LogP contribution is -2.15. The Bertz CT molecular complexity index is 731. The van der Waals surface area contributed by atoms with Gasteiger partial charge in [0.15, 0.2) is 0 Å². The van der Waals surface area contributed by atoms with Gasteiger partial charge in [-0.25, -0.2) is 0 Å². The number of hydrogen-bond donors (Lipinski definition) is 2. The zero-order valence-corrected chi connectivity index (χ0v) is 14.1. The van der Waals surface area contributed by atoms with Gasteiger partial charge in [0, 0.05) is 17.7 Å². The SMILES string of the molecule is COC(=O)C(C)CCOc1cc(O)c(C(=O)c2ccccc2)c(O)c1. The molecule has 0 saturated carbocycles. The molecule has 2 N–H and O–H groups in total. The minimum absolute atomic E-state index is 0.179. The first-order valence-electron chi connectivity index (χ1n) is 7.80. The lowest BCUT2D eigenvalue weighted by molar-refractivity contribution is -0.145. The van der Waals surface area contributed by atoms with E-state index in [0.29, 0.717) is 12.0 Å². The molecular weight excluding hydrogens is 324 g/mol. The molecule has 2 aromatic rings. The maximum absolute atomic E-state index is 12.4. The Hall–Kier alpha value is -3.02. The summed E-state index contributed by atoms with van der Waals surface area (Å²) in [6.45, 7) is 1.91. The molecule has 1 atom stereocenters. The highest BCUT2D eigenvalue weighted by atomic mass is 16.5. The fourth-order valence-electron chi connectivity index (χ4n) is 2.31. The molecule has 0 saturated heterocycles. The highest BCUT2D eigenvalue weighted by Crippen LogP contribution is 2.34. The maximum atomic E-state index is 12.4. The average molecular weight is 344 g/mol. The number of ether oxygens (including phenoxy) is 2. The third-order valence-electron chi connectivity index (χ3n) is 3.76. The zero-order chi connectivity index (χ0) is 18.4. The molecule has 0 spiro atoms. The second kappa shape index (κ2) is 8.19. The molecule has 0 aliphatic heterocycles. The summed E-state index contributed by atoms with van der Waals surface area (Å²) in [6, 6.07) is 10.9. The van der Waals surface area contributed by atoms with Gasteiger partial charge in [0.2, 0.25) is 5.78 Å². The summed E-state index contributed by atoms with van der Waals surface area (Å²) in [7, 11) is 1.32. The lowest BCUT2D eigenvalue weighted by Gasteiger charge is -2.12. The molecular formula is C19H20O6. The van der Waals surface area contributed by atoms with E-state index < -0.39 is 5.78 Å². The Labute approximate surface area is 145 Å². The summed E-state index contributed by atoms with van der Waals surface area (Å²) in [6.07, 6.45) is 0.416. The summed E-state index contributed by atoms with van der Waals surface area (Å²) >= 11 is 0. The van der Waals surface area contributed by atoms with E-state index in [9.17, 15) is 19.8 Å². The van der Waals surface area contributed by atoms with Crippen LogP contribution in [0.25, 0.3) is 0 Å². The second-order valence-electron chi connectivity index (χ2n) is 5.59. The first-order chi connectivity index (χ1) is 11.9. The molecule has 0 amide bonds. The van der Waals surface area contributed by atoms with E-state index in [0.717, 1.165) is 0 Å². The first kappa shape index (κ1) is 18.3. The molecule has 0 heterocycles. The molecule has 0 bridgehead atoms. The molecule has 132 valence electrons. The van der Waals surface area contributed by atoms with E-state index >= 15 is 0 Å². The lowest BCUT2D eigenvalue weighted by atomic mass is 10.0. The number of rotatable bonds is 7. The molecule has 0 radical (unpaired) electrons. The summed E-state index contributed by atoms with van der Waals surface area (Å²) in [5.74, 6) is -1.68. The summed E-state index contributed by atoms with van der Waals surface area (Å²) in [4.78, 5) is 23.7. The van der Waals surface area contributed by atoms with Crippen molar-refractivity contribution < 1.29 is 29.3 Å². The minimum Gasteiger partial charge on any atom is -0.507 e. The van der Waals surface area contributed by atoms with Crippen LogP contribution in [0.5, 0.6) is 17.2 Å². The van der Waals surface area contributed by atoms with E-state index in [1.54, 1.807) is 37.3 Å². The van der Waals surface area contributed by atoms with E-state index in [2.05, 4.69) is 4.74 Å². The largest absolute Gasteiger partial charge is 0.507 e. The number of phenols is 2. The summed E-state index contributed by atoms with van der Waals surface area (Å²) in [5, 5.41) is 20.2. The Morgan fingerprint density at radius 3 is 2.24 bits per heavy atom. The van der Waals surface area contributed by atoms with Gasteiger partial charge in [0.05, 0.1) is 19.6 Å². The van der Waals surface area contributed by atoms with Crippen molar-refractivity contribution in [1.29, 1.82) is 0 Å². The molecule has 0 fully saturated rings. The second-order valence-corrected chi connectivity index (χ2v) is 5.59. The molecule has 6 heteroatoms. The van der Waals surface area contributed by atoms with Gasteiger partial charge in [-0.2, -0.15) is 0 Å². The minimum atomic E-state index is -0.485. The smallest absolute Gasteiger partial charge is 0.308 e. The van der Waals surface area contributed by atoms with Crippen LogP contribution in [0.2, 0.25) is 0 Å². The number of aromatic hydroxyl groups is 2. The van der Waals surface area contributed by atoms with Crippen LogP contribution in [-0.4, -0.2) is 35.7 Å². The van der Waals surface area contributed by atoms with Crippen molar-refractivity contribution in [2.75, 3.05) is 13.7 Å². The molecule has 2 aromatic carbocycles. The number of methoxy groups -OCH3 is 1. The van der Waals surface area contributed by atoms with Crippen LogP contribution >= 0.6 is 0 Å². The molecule has 0 aliphatic carbocycles. The quantitative estimate of drug-likeness (QED) is 0.592. The van der Waals surface area contributed by atoms with E-state index in [4.69, 9.17) is 4.74 Å². The van der Waals surface area contributed by atoms with Crippen LogP contribution < -0.4 is 4.74 Å². The van der Waals surface area contributed by atoms with Gasteiger partial charge in [0.25, 0.3) is 0 Å². The third-order valence-corrected chi connectivity index (χ3v) is 3.76. The van der Waals surface area contributed by atoms with Crippen LogP contribution in [0.15, 0.2) is 42.5 Å². The van der Waals surface area contributed by atoms with Gasteiger partial charge in [-0.05, 0) is 6.42 Å². The summed E-state index contributed by atoms with van der Waals surface area (Å²) < 4.78 is 10.1. The monoisotopic (exact) mass is 344 g/mol. The predicted molar refractivity (Wildman–Crippen MR) is 90.9 cm³/mol. The molecule has 0 aliphatic rings. The maximum Gasteiger partial charge on any atom is 0.308 e. The van der Waals surface area contributed by atoms with Crippen LogP contribution in [0.4, 0.5) is 0 Å². The van der Waals surface area contributed by atoms with Crippen LogP contribution in [0.1, 0.15) is 29.3 Å². The number of hydrogen-bond acceptors (Lipinski definition) is 6.